The monoisotopic (exact) mass is 368 g/mol. The van der Waals surface area contributed by atoms with E-state index in [-0.39, 0.29) is 16.5 Å². The van der Waals surface area contributed by atoms with Crippen LogP contribution in [0.5, 0.6) is 0 Å². The van der Waals surface area contributed by atoms with Gasteiger partial charge in [0.2, 0.25) is 5.91 Å². The first-order valence-electron chi connectivity index (χ1n) is 9.02. The summed E-state index contributed by atoms with van der Waals surface area (Å²) in [6.45, 7) is 6.96. The molecule has 1 saturated heterocycles. The maximum absolute atomic E-state index is 12.4. The van der Waals surface area contributed by atoms with Gasteiger partial charge in [-0.25, -0.2) is 0 Å². The highest BCUT2D eigenvalue weighted by atomic mass is 16.6. The lowest BCUT2D eigenvalue weighted by atomic mass is 10.1. The molecule has 0 spiro atoms. The van der Waals surface area contributed by atoms with Crippen molar-refractivity contribution in [3.63, 3.8) is 0 Å². The summed E-state index contributed by atoms with van der Waals surface area (Å²) in [6, 6.07) is 12.7. The normalized spacial score (nSPS) is 14.8. The Morgan fingerprint density at radius 2 is 1.67 bits per heavy atom. The van der Waals surface area contributed by atoms with E-state index in [0.29, 0.717) is 38.4 Å². The summed E-state index contributed by atoms with van der Waals surface area (Å²) in [5.74, 6) is -0.0356. The summed E-state index contributed by atoms with van der Waals surface area (Å²) in [4.78, 5) is 27.4. The van der Waals surface area contributed by atoms with Crippen LogP contribution in [0.2, 0.25) is 0 Å². The number of anilines is 2. The SMILES string of the molecule is Cc1cccc(C)c1NC(=O)CN1CCN(c2ccccc2[N+](=O)[O-])CC1. The van der Waals surface area contributed by atoms with Crippen molar-refractivity contribution < 1.29 is 9.72 Å². The average molecular weight is 368 g/mol. The Bertz CT molecular complexity index is 825. The first-order chi connectivity index (χ1) is 13.0. The third-order valence-corrected chi connectivity index (χ3v) is 4.90. The molecule has 1 aliphatic rings. The van der Waals surface area contributed by atoms with E-state index in [1.807, 2.05) is 43.0 Å². The van der Waals surface area contributed by atoms with Crippen LogP contribution in [0.3, 0.4) is 0 Å². The fourth-order valence-electron chi connectivity index (χ4n) is 3.43. The molecule has 2 aromatic carbocycles. The molecule has 1 heterocycles. The Kier molecular flexibility index (Phi) is 5.71. The molecule has 0 saturated carbocycles. The lowest BCUT2D eigenvalue weighted by Crippen LogP contribution is -2.48. The number of carbonyl (C=O) groups is 1. The molecule has 0 bridgehead atoms. The molecule has 0 aromatic heterocycles. The van der Waals surface area contributed by atoms with Crippen LogP contribution in [0.1, 0.15) is 11.1 Å². The van der Waals surface area contributed by atoms with Crippen LogP contribution in [-0.4, -0.2) is 48.5 Å². The third-order valence-electron chi connectivity index (χ3n) is 4.90. The molecule has 1 N–H and O–H groups in total. The van der Waals surface area contributed by atoms with Gasteiger partial charge >= 0.3 is 0 Å². The van der Waals surface area contributed by atoms with Gasteiger partial charge in [-0.2, -0.15) is 0 Å². The largest absolute Gasteiger partial charge is 0.363 e. The molecule has 3 rings (SSSR count). The molecule has 142 valence electrons. The van der Waals surface area contributed by atoms with Crippen molar-refractivity contribution in [2.75, 3.05) is 42.9 Å². The van der Waals surface area contributed by atoms with Crippen molar-refractivity contribution in [3.8, 4) is 0 Å². The smallest absolute Gasteiger partial charge is 0.292 e. The zero-order valence-corrected chi connectivity index (χ0v) is 15.6. The molecular formula is C20H24N4O3. The van der Waals surface area contributed by atoms with Gasteiger partial charge in [-0.1, -0.05) is 30.3 Å². The molecule has 1 fully saturated rings. The molecule has 7 nitrogen and oxygen atoms in total. The van der Waals surface area contributed by atoms with Gasteiger partial charge in [0.15, 0.2) is 0 Å². The molecule has 2 aromatic rings. The second-order valence-electron chi connectivity index (χ2n) is 6.82. The van der Waals surface area contributed by atoms with Crippen molar-refractivity contribution in [3.05, 3.63) is 63.7 Å². The fraction of sp³-hybridized carbons (Fsp3) is 0.350. The molecule has 0 aliphatic carbocycles. The molecule has 0 unspecified atom stereocenters. The Labute approximate surface area is 158 Å². The number of hydrogen-bond donors (Lipinski definition) is 1. The molecule has 0 atom stereocenters. The van der Waals surface area contributed by atoms with E-state index >= 15 is 0 Å². The van der Waals surface area contributed by atoms with Gasteiger partial charge in [0, 0.05) is 37.9 Å². The summed E-state index contributed by atoms with van der Waals surface area (Å²) in [5.41, 5.74) is 3.73. The summed E-state index contributed by atoms with van der Waals surface area (Å²) in [7, 11) is 0. The first kappa shape index (κ1) is 18.8. The topological polar surface area (TPSA) is 78.7 Å². The quantitative estimate of drug-likeness (QED) is 0.648. The number of para-hydroxylation sites is 3. The number of benzene rings is 2. The van der Waals surface area contributed by atoms with Crippen LogP contribution >= 0.6 is 0 Å². The van der Waals surface area contributed by atoms with Gasteiger partial charge in [-0.05, 0) is 31.0 Å². The van der Waals surface area contributed by atoms with E-state index in [0.717, 1.165) is 16.8 Å². The van der Waals surface area contributed by atoms with E-state index in [9.17, 15) is 14.9 Å². The van der Waals surface area contributed by atoms with Crippen LogP contribution in [0, 0.1) is 24.0 Å². The van der Waals surface area contributed by atoms with Crippen LogP contribution in [-0.2, 0) is 4.79 Å². The van der Waals surface area contributed by atoms with E-state index in [4.69, 9.17) is 0 Å². The van der Waals surface area contributed by atoms with E-state index in [1.54, 1.807) is 12.1 Å². The highest BCUT2D eigenvalue weighted by molar-refractivity contribution is 5.93. The molecular weight excluding hydrogens is 344 g/mol. The summed E-state index contributed by atoms with van der Waals surface area (Å²) >= 11 is 0. The maximum atomic E-state index is 12.4. The molecule has 7 heteroatoms. The van der Waals surface area contributed by atoms with Crippen molar-refractivity contribution >= 4 is 23.0 Å². The van der Waals surface area contributed by atoms with Gasteiger partial charge in [0.1, 0.15) is 5.69 Å². The maximum Gasteiger partial charge on any atom is 0.292 e. The number of hydrogen-bond acceptors (Lipinski definition) is 5. The number of rotatable bonds is 5. The number of amides is 1. The Morgan fingerprint density at radius 3 is 2.30 bits per heavy atom. The summed E-state index contributed by atoms with van der Waals surface area (Å²) in [5, 5.41) is 14.2. The second kappa shape index (κ2) is 8.18. The lowest BCUT2D eigenvalue weighted by molar-refractivity contribution is -0.384. The van der Waals surface area contributed by atoms with E-state index in [1.165, 1.54) is 6.07 Å². The van der Waals surface area contributed by atoms with Crippen molar-refractivity contribution in [2.24, 2.45) is 0 Å². The molecule has 1 aliphatic heterocycles. The van der Waals surface area contributed by atoms with Gasteiger partial charge in [-0.3, -0.25) is 19.8 Å². The minimum atomic E-state index is -0.348. The van der Waals surface area contributed by atoms with Crippen molar-refractivity contribution in [2.45, 2.75) is 13.8 Å². The van der Waals surface area contributed by atoms with Gasteiger partial charge < -0.3 is 10.2 Å². The van der Waals surface area contributed by atoms with Gasteiger partial charge in [-0.15, -0.1) is 0 Å². The van der Waals surface area contributed by atoms with Crippen molar-refractivity contribution in [1.29, 1.82) is 0 Å². The number of nitrogens with one attached hydrogen (secondary N) is 1. The number of aryl methyl sites for hydroxylation is 2. The molecule has 1 amide bonds. The predicted octanol–water partition coefficient (Wildman–Crippen LogP) is 2.97. The zero-order valence-electron chi connectivity index (χ0n) is 15.6. The van der Waals surface area contributed by atoms with E-state index in [2.05, 4.69) is 10.2 Å². The number of nitrogens with zero attached hydrogens (tertiary/aromatic N) is 3. The van der Waals surface area contributed by atoms with Crippen molar-refractivity contribution in [1.82, 2.24) is 4.90 Å². The van der Waals surface area contributed by atoms with Crippen LogP contribution in [0.25, 0.3) is 0 Å². The molecule has 27 heavy (non-hydrogen) atoms. The van der Waals surface area contributed by atoms with Crippen LogP contribution in [0.15, 0.2) is 42.5 Å². The Balaban J connectivity index is 1.57. The summed E-state index contributed by atoms with van der Waals surface area (Å²) < 4.78 is 0. The second-order valence-corrected chi connectivity index (χ2v) is 6.82. The standard InChI is InChI=1S/C20H24N4O3/c1-15-6-5-7-16(2)20(15)21-19(25)14-22-10-12-23(13-11-22)17-8-3-4-9-18(17)24(26)27/h3-9H,10-14H2,1-2H3,(H,21,25). The zero-order chi connectivity index (χ0) is 19.4. The fourth-order valence-corrected chi connectivity index (χ4v) is 3.43. The van der Waals surface area contributed by atoms with E-state index < -0.39 is 0 Å². The Morgan fingerprint density at radius 1 is 1.04 bits per heavy atom. The number of nitro benzene ring substituents is 1. The van der Waals surface area contributed by atoms with Crippen LogP contribution < -0.4 is 10.2 Å². The number of piperazine rings is 1. The highest BCUT2D eigenvalue weighted by Crippen LogP contribution is 2.28. The van der Waals surface area contributed by atoms with Crippen LogP contribution in [0.4, 0.5) is 17.1 Å². The first-order valence-corrected chi connectivity index (χ1v) is 9.02. The lowest BCUT2D eigenvalue weighted by Gasteiger charge is -2.35. The third kappa shape index (κ3) is 4.43. The Hall–Kier alpha value is -2.93. The minimum absolute atomic E-state index is 0.0356. The number of nitro groups is 1. The average Bonchev–Trinajstić information content (AvgIpc) is 2.65. The number of carbonyl (C=O) groups excluding carboxylic acids is 1. The molecule has 0 radical (unpaired) electrons. The van der Waals surface area contributed by atoms with Gasteiger partial charge in [0.25, 0.3) is 5.69 Å². The predicted molar refractivity (Wildman–Crippen MR) is 106 cm³/mol. The van der Waals surface area contributed by atoms with Gasteiger partial charge in [0.05, 0.1) is 11.5 Å². The highest BCUT2D eigenvalue weighted by Gasteiger charge is 2.24. The summed E-state index contributed by atoms with van der Waals surface area (Å²) in [6.07, 6.45) is 0. The minimum Gasteiger partial charge on any atom is -0.363 e.